The predicted molar refractivity (Wildman–Crippen MR) is 58.0 cm³/mol. The minimum absolute atomic E-state index is 0.245. The minimum Gasteiger partial charge on any atom is -0.405 e. The minimum atomic E-state index is -4.70. The average molecular weight is 298 g/mol. The first-order valence-electron chi connectivity index (χ1n) is 4.64. The van der Waals surface area contributed by atoms with Gasteiger partial charge in [0.2, 0.25) is 0 Å². The third-order valence-corrected chi connectivity index (χ3v) is 2.53. The zero-order valence-electron chi connectivity index (χ0n) is 8.51. The van der Waals surface area contributed by atoms with Gasteiger partial charge in [-0.3, -0.25) is 0 Å². The molecule has 0 aliphatic heterocycles. The van der Waals surface area contributed by atoms with Crippen LogP contribution >= 0.6 is 15.9 Å². The fourth-order valence-electron chi connectivity index (χ4n) is 1.25. The topological polar surface area (TPSA) is 35.2 Å². The van der Waals surface area contributed by atoms with Gasteiger partial charge in [0, 0.05) is 16.1 Å². The summed E-state index contributed by atoms with van der Waals surface area (Å²) in [5.74, 6) is -0.245. The van der Waals surface area contributed by atoms with E-state index in [1.807, 2.05) is 0 Å². The highest BCUT2D eigenvalue weighted by atomic mass is 79.9. The van der Waals surface area contributed by atoms with Crippen molar-refractivity contribution in [2.24, 2.45) is 5.73 Å². The summed E-state index contributed by atoms with van der Waals surface area (Å²) in [5, 5.41) is 0. The van der Waals surface area contributed by atoms with E-state index >= 15 is 0 Å². The zero-order chi connectivity index (χ0) is 12.3. The Balaban J connectivity index is 3.07. The molecule has 0 saturated heterocycles. The first-order chi connectivity index (χ1) is 7.33. The molecular weight excluding hydrogens is 287 g/mol. The maximum Gasteiger partial charge on any atom is 0.573 e. The van der Waals surface area contributed by atoms with Crippen molar-refractivity contribution in [3.63, 3.8) is 0 Å². The first-order valence-corrected chi connectivity index (χ1v) is 5.43. The van der Waals surface area contributed by atoms with Crippen LogP contribution in [0.15, 0.2) is 22.7 Å². The maximum absolute atomic E-state index is 12.1. The van der Waals surface area contributed by atoms with Gasteiger partial charge in [0.15, 0.2) is 0 Å². The van der Waals surface area contributed by atoms with Crippen molar-refractivity contribution in [3.05, 3.63) is 28.2 Å². The van der Waals surface area contributed by atoms with Crippen LogP contribution in [-0.2, 0) is 0 Å². The van der Waals surface area contributed by atoms with Crippen molar-refractivity contribution in [3.8, 4) is 5.75 Å². The van der Waals surface area contributed by atoms with E-state index in [1.54, 1.807) is 6.92 Å². The van der Waals surface area contributed by atoms with E-state index in [9.17, 15) is 13.2 Å². The molecule has 1 atom stereocenters. The number of benzene rings is 1. The van der Waals surface area contributed by atoms with Gasteiger partial charge in [-0.25, -0.2) is 0 Å². The van der Waals surface area contributed by atoms with Gasteiger partial charge in [0.05, 0.1) is 0 Å². The fraction of sp³-hybridized carbons (Fsp3) is 0.400. The lowest BCUT2D eigenvalue weighted by molar-refractivity contribution is -0.275. The van der Waals surface area contributed by atoms with E-state index in [1.165, 1.54) is 18.2 Å². The van der Waals surface area contributed by atoms with Crippen LogP contribution in [-0.4, -0.2) is 6.36 Å². The molecule has 16 heavy (non-hydrogen) atoms. The molecule has 0 aliphatic carbocycles. The summed E-state index contributed by atoms with van der Waals surface area (Å²) in [5.41, 5.74) is 6.06. The van der Waals surface area contributed by atoms with Crippen molar-refractivity contribution < 1.29 is 17.9 Å². The molecular formula is C10H11BrF3NO. The Bertz CT molecular complexity index is 368. The summed E-state index contributed by atoms with van der Waals surface area (Å²) in [6, 6.07) is 3.79. The van der Waals surface area contributed by atoms with Gasteiger partial charge in [0.1, 0.15) is 5.75 Å². The highest BCUT2D eigenvalue weighted by Gasteiger charge is 2.32. The number of hydrogen-bond donors (Lipinski definition) is 1. The highest BCUT2D eigenvalue weighted by molar-refractivity contribution is 9.10. The highest BCUT2D eigenvalue weighted by Crippen LogP contribution is 2.32. The lowest BCUT2D eigenvalue weighted by atomic mass is 10.0. The predicted octanol–water partition coefficient (Wildman–Crippen LogP) is 3.76. The Kier molecular flexibility index (Phi) is 4.21. The molecule has 0 amide bonds. The number of ether oxygens (including phenoxy) is 1. The largest absolute Gasteiger partial charge is 0.573 e. The van der Waals surface area contributed by atoms with Crippen LogP contribution in [0.2, 0.25) is 0 Å². The van der Waals surface area contributed by atoms with E-state index in [0.29, 0.717) is 16.5 Å². The molecule has 0 heterocycles. The van der Waals surface area contributed by atoms with Gasteiger partial charge in [-0.2, -0.15) is 0 Å². The molecule has 0 bridgehead atoms. The smallest absolute Gasteiger partial charge is 0.405 e. The lowest BCUT2D eigenvalue weighted by Gasteiger charge is -2.17. The van der Waals surface area contributed by atoms with E-state index in [2.05, 4.69) is 20.7 Å². The van der Waals surface area contributed by atoms with Crippen molar-refractivity contribution in [1.82, 2.24) is 0 Å². The van der Waals surface area contributed by atoms with Crippen molar-refractivity contribution in [2.75, 3.05) is 0 Å². The van der Waals surface area contributed by atoms with Gasteiger partial charge >= 0.3 is 6.36 Å². The van der Waals surface area contributed by atoms with Gasteiger partial charge in [0.25, 0.3) is 0 Å². The number of halogens is 4. The number of alkyl halides is 3. The first kappa shape index (κ1) is 13.3. The van der Waals surface area contributed by atoms with E-state index in [-0.39, 0.29) is 5.75 Å². The Morgan fingerprint density at radius 1 is 1.44 bits per heavy atom. The Morgan fingerprint density at radius 2 is 2.06 bits per heavy atom. The molecule has 90 valence electrons. The van der Waals surface area contributed by atoms with Crippen LogP contribution in [0.25, 0.3) is 0 Å². The third-order valence-electron chi connectivity index (χ3n) is 2.04. The summed E-state index contributed by atoms with van der Waals surface area (Å²) in [6.07, 6.45) is -4.17. The summed E-state index contributed by atoms with van der Waals surface area (Å²) in [6.45, 7) is 1.79. The number of rotatable bonds is 3. The average Bonchev–Trinajstić information content (AvgIpc) is 2.17. The molecule has 2 nitrogen and oxygen atoms in total. The molecule has 6 heteroatoms. The molecule has 0 saturated carbocycles. The maximum atomic E-state index is 12.1. The number of nitrogens with two attached hydrogens (primary N) is 1. The molecule has 1 aromatic carbocycles. The molecule has 2 N–H and O–H groups in total. The van der Waals surface area contributed by atoms with Crippen molar-refractivity contribution >= 4 is 15.9 Å². The van der Waals surface area contributed by atoms with Crippen LogP contribution in [0, 0.1) is 0 Å². The molecule has 0 fully saturated rings. The Morgan fingerprint density at radius 3 is 2.56 bits per heavy atom. The van der Waals surface area contributed by atoms with E-state index in [0.717, 1.165) is 0 Å². The van der Waals surface area contributed by atoms with Gasteiger partial charge in [-0.1, -0.05) is 22.9 Å². The zero-order valence-corrected chi connectivity index (χ0v) is 10.1. The SMILES string of the molecule is CC[C@@H](N)c1cc(Br)ccc1OC(F)(F)F. The third kappa shape index (κ3) is 3.68. The Labute approximate surface area is 99.7 Å². The van der Waals surface area contributed by atoms with Crippen LogP contribution in [0.4, 0.5) is 13.2 Å². The molecule has 0 spiro atoms. The second-order valence-electron chi connectivity index (χ2n) is 3.24. The fourth-order valence-corrected chi connectivity index (χ4v) is 1.63. The summed E-state index contributed by atoms with van der Waals surface area (Å²) in [7, 11) is 0. The van der Waals surface area contributed by atoms with Gasteiger partial charge in [-0.05, 0) is 24.6 Å². The number of hydrogen-bond acceptors (Lipinski definition) is 2. The van der Waals surface area contributed by atoms with Crippen molar-refractivity contribution in [2.45, 2.75) is 25.7 Å². The van der Waals surface area contributed by atoms with Gasteiger partial charge < -0.3 is 10.5 Å². The normalized spacial score (nSPS) is 13.6. The second kappa shape index (κ2) is 5.05. The summed E-state index contributed by atoms with van der Waals surface area (Å²) >= 11 is 3.18. The van der Waals surface area contributed by atoms with E-state index < -0.39 is 12.4 Å². The molecule has 0 unspecified atom stereocenters. The molecule has 0 aliphatic rings. The van der Waals surface area contributed by atoms with E-state index in [4.69, 9.17) is 5.73 Å². The summed E-state index contributed by atoms with van der Waals surface area (Å²) < 4.78 is 40.9. The second-order valence-corrected chi connectivity index (χ2v) is 4.16. The lowest BCUT2D eigenvalue weighted by Crippen LogP contribution is -2.20. The molecule has 0 aromatic heterocycles. The Hall–Kier alpha value is -0.750. The molecule has 0 radical (unpaired) electrons. The van der Waals surface area contributed by atoms with Crippen molar-refractivity contribution in [1.29, 1.82) is 0 Å². The molecule has 1 rings (SSSR count). The van der Waals surface area contributed by atoms with Crippen LogP contribution in [0.1, 0.15) is 24.9 Å². The van der Waals surface area contributed by atoms with Crippen LogP contribution in [0.5, 0.6) is 5.75 Å². The summed E-state index contributed by atoms with van der Waals surface area (Å²) in [4.78, 5) is 0. The quantitative estimate of drug-likeness (QED) is 0.922. The standard InChI is InChI=1S/C10H11BrF3NO/c1-2-8(15)7-5-6(11)3-4-9(7)16-10(12,13)14/h3-5,8H,2,15H2,1H3/t8-/m1/s1. The molecule has 1 aromatic rings. The van der Waals surface area contributed by atoms with Crippen LogP contribution in [0.3, 0.4) is 0 Å². The van der Waals surface area contributed by atoms with Crippen LogP contribution < -0.4 is 10.5 Å². The van der Waals surface area contributed by atoms with Gasteiger partial charge in [-0.15, -0.1) is 13.2 Å². The monoisotopic (exact) mass is 297 g/mol.